The van der Waals surface area contributed by atoms with Gasteiger partial charge in [0.05, 0.1) is 6.54 Å². The van der Waals surface area contributed by atoms with Crippen molar-refractivity contribution >= 4 is 17.5 Å². The van der Waals surface area contributed by atoms with Gasteiger partial charge in [-0.15, -0.1) is 0 Å². The molecule has 0 aromatic heterocycles. The fourth-order valence-corrected chi connectivity index (χ4v) is 3.03. The van der Waals surface area contributed by atoms with Crippen LogP contribution in [0, 0.1) is 19.8 Å². The largest absolute Gasteiger partial charge is 0.342 e. The van der Waals surface area contributed by atoms with Gasteiger partial charge in [0.25, 0.3) is 5.91 Å². The van der Waals surface area contributed by atoms with Crippen LogP contribution in [0.2, 0.25) is 0 Å². The van der Waals surface area contributed by atoms with Gasteiger partial charge in [-0.05, 0) is 31.0 Å². The summed E-state index contributed by atoms with van der Waals surface area (Å²) in [6.07, 6.45) is 0. The van der Waals surface area contributed by atoms with Crippen molar-refractivity contribution in [3.8, 4) is 0 Å². The summed E-state index contributed by atoms with van der Waals surface area (Å²) in [6, 6.07) is 16.1. The number of nitrogens with one attached hydrogen (secondary N) is 2. The number of quaternary nitrogens is 1. The zero-order valence-electron chi connectivity index (χ0n) is 16.6. The van der Waals surface area contributed by atoms with Crippen LogP contribution in [0.5, 0.6) is 0 Å². The van der Waals surface area contributed by atoms with E-state index in [4.69, 9.17) is 0 Å². The van der Waals surface area contributed by atoms with Crippen LogP contribution >= 0.6 is 0 Å². The van der Waals surface area contributed by atoms with Gasteiger partial charge in [0, 0.05) is 17.2 Å². The Morgan fingerprint density at radius 1 is 0.963 bits per heavy atom. The summed E-state index contributed by atoms with van der Waals surface area (Å²) in [5, 5.41) is 7.58. The molecule has 1 atom stereocenters. The van der Waals surface area contributed by atoms with E-state index in [2.05, 4.69) is 36.6 Å². The minimum atomic E-state index is -0.222. The van der Waals surface area contributed by atoms with Crippen LogP contribution in [-0.4, -0.2) is 24.9 Å². The van der Waals surface area contributed by atoms with E-state index in [1.165, 1.54) is 5.56 Å². The monoisotopic (exact) mass is 368 g/mol. The molecule has 144 valence electrons. The number of nitrogens with two attached hydrogens (primary N) is 1. The van der Waals surface area contributed by atoms with Gasteiger partial charge >= 0.3 is 0 Å². The zero-order chi connectivity index (χ0) is 19.8. The first-order chi connectivity index (χ1) is 12.9. The van der Waals surface area contributed by atoms with Gasteiger partial charge in [-0.3, -0.25) is 9.59 Å². The minimum absolute atomic E-state index is 0.0300. The highest BCUT2D eigenvalue weighted by atomic mass is 16.2. The second-order valence-electron chi connectivity index (χ2n) is 7.19. The number of hydrogen-bond donors (Lipinski definition) is 3. The van der Waals surface area contributed by atoms with E-state index < -0.39 is 0 Å². The van der Waals surface area contributed by atoms with Crippen LogP contribution in [-0.2, 0) is 9.59 Å². The van der Waals surface area contributed by atoms with Crippen LogP contribution in [0.25, 0.3) is 0 Å². The van der Waals surface area contributed by atoms with Crippen LogP contribution in [0.4, 0.5) is 5.69 Å². The molecule has 0 bridgehead atoms. The molecule has 2 aromatic rings. The second kappa shape index (κ2) is 9.88. The first-order valence-electron chi connectivity index (χ1n) is 9.39. The van der Waals surface area contributed by atoms with Gasteiger partial charge in [0.1, 0.15) is 6.04 Å². The average Bonchev–Trinajstić information content (AvgIpc) is 2.64. The molecule has 5 heteroatoms. The molecule has 4 N–H and O–H groups in total. The molecular formula is C22H30N3O2+. The Kier molecular flexibility index (Phi) is 7.55. The number of amides is 2. The highest BCUT2D eigenvalue weighted by Gasteiger charge is 2.20. The number of carbonyl (C=O) groups is 2. The molecule has 0 spiro atoms. The molecule has 0 saturated heterocycles. The number of aryl methyl sites for hydroxylation is 1. The Morgan fingerprint density at radius 3 is 2.33 bits per heavy atom. The van der Waals surface area contributed by atoms with Gasteiger partial charge in [-0.2, -0.15) is 0 Å². The number of rotatable bonds is 8. The molecule has 0 radical (unpaired) electrons. The molecule has 0 unspecified atom stereocenters. The summed E-state index contributed by atoms with van der Waals surface area (Å²) in [5.74, 6) is 0.0287. The molecule has 2 amide bonds. The van der Waals surface area contributed by atoms with E-state index in [0.717, 1.165) is 16.8 Å². The number of benzene rings is 2. The summed E-state index contributed by atoms with van der Waals surface area (Å²) in [4.78, 5) is 24.3. The topological polar surface area (TPSA) is 74.8 Å². The van der Waals surface area contributed by atoms with Crippen LogP contribution in [0.3, 0.4) is 0 Å². The SMILES string of the molecule is Cc1cccc(NC(=O)CNC(=O)C[NH2+][C@H](c2ccccc2)C(C)C)c1C. The van der Waals surface area contributed by atoms with E-state index in [1.807, 2.05) is 55.6 Å². The molecule has 0 saturated carbocycles. The first kappa shape index (κ1) is 20.6. The normalized spacial score (nSPS) is 11.9. The van der Waals surface area contributed by atoms with Crippen molar-refractivity contribution < 1.29 is 14.9 Å². The van der Waals surface area contributed by atoms with Crippen molar-refractivity contribution in [2.75, 3.05) is 18.4 Å². The van der Waals surface area contributed by atoms with Crippen molar-refractivity contribution in [2.45, 2.75) is 33.7 Å². The lowest BCUT2D eigenvalue weighted by atomic mass is 9.96. The van der Waals surface area contributed by atoms with Gasteiger partial charge in [0.2, 0.25) is 5.91 Å². The third kappa shape index (κ3) is 6.22. The van der Waals surface area contributed by atoms with Crippen molar-refractivity contribution in [3.05, 3.63) is 65.2 Å². The highest BCUT2D eigenvalue weighted by molar-refractivity contribution is 5.95. The fourth-order valence-electron chi connectivity index (χ4n) is 3.03. The second-order valence-corrected chi connectivity index (χ2v) is 7.19. The average molecular weight is 369 g/mol. The smallest absolute Gasteiger partial charge is 0.275 e. The van der Waals surface area contributed by atoms with Crippen LogP contribution in [0.1, 0.15) is 36.6 Å². The highest BCUT2D eigenvalue weighted by Crippen LogP contribution is 2.18. The van der Waals surface area contributed by atoms with E-state index in [9.17, 15) is 9.59 Å². The van der Waals surface area contributed by atoms with Gasteiger partial charge in [-0.25, -0.2) is 0 Å². The molecule has 0 fully saturated rings. The number of carbonyl (C=O) groups excluding carboxylic acids is 2. The Labute approximate surface area is 161 Å². The molecule has 0 aliphatic rings. The summed E-state index contributed by atoms with van der Waals surface area (Å²) in [7, 11) is 0. The first-order valence-corrected chi connectivity index (χ1v) is 9.39. The third-order valence-corrected chi connectivity index (χ3v) is 4.78. The molecule has 2 rings (SSSR count). The van der Waals surface area contributed by atoms with Gasteiger partial charge in [0.15, 0.2) is 6.54 Å². The van der Waals surface area contributed by atoms with Gasteiger partial charge in [-0.1, -0.05) is 56.3 Å². The maximum atomic E-state index is 12.2. The van der Waals surface area contributed by atoms with Crippen molar-refractivity contribution in [2.24, 2.45) is 5.92 Å². The predicted molar refractivity (Wildman–Crippen MR) is 108 cm³/mol. The molecule has 0 aliphatic carbocycles. The lowest BCUT2D eigenvalue weighted by molar-refractivity contribution is -0.692. The zero-order valence-corrected chi connectivity index (χ0v) is 16.6. The predicted octanol–water partition coefficient (Wildman–Crippen LogP) is 2.32. The fraction of sp³-hybridized carbons (Fsp3) is 0.364. The van der Waals surface area contributed by atoms with E-state index in [-0.39, 0.29) is 30.9 Å². The lowest BCUT2D eigenvalue weighted by Crippen LogP contribution is -2.88. The number of anilines is 1. The van der Waals surface area contributed by atoms with E-state index in [1.54, 1.807) is 0 Å². The quantitative estimate of drug-likeness (QED) is 0.669. The molecule has 2 aromatic carbocycles. The summed E-state index contributed by atoms with van der Waals surface area (Å²) in [5.41, 5.74) is 4.14. The molecular weight excluding hydrogens is 338 g/mol. The van der Waals surface area contributed by atoms with Crippen LogP contribution < -0.4 is 16.0 Å². The van der Waals surface area contributed by atoms with Crippen LogP contribution in [0.15, 0.2) is 48.5 Å². The summed E-state index contributed by atoms with van der Waals surface area (Å²) in [6.45, 7) is 8.51. The van der Waals surface area contributed by atoms with Gasteiger partial charge < -0.3 is 16.0 Å². The van der Waals surface area contributed by atoms with Crippen molar-refractivity contribution in [1.82, 2.24) is 5.32 Å². The number of hydrogen-bond acceptors (Lipinski definition) is 2. The standard InChI is InChI=1S/C22H29N3O2/c1-15(2)22(18-10-6-5-7-11-18)24-13-20(26)23-14-21(27)25-19-12-8-9-16(3)17(19)4/h5-12,15,22,24H,13-14H2,1-4H3,(H,23,26)(H,25,27)/p+1/t22-/m0/s1. The Balaban J connectivity index is 1.81. The molecule has 27 heavy (non-hydrogen) atoms. The molecule has 0 heterocycles. The summed E-state index contributed by atoms with van der Waals surface area (Å²) < 4.78 is 0. The van der Waals surface area contributed by atoms with Crippen molar-refractivity contribution in [3.63, 3.8) is 0 Å². The Bertz CT molecular complexity index is 772. The van der Waals surface area contributed by atoms with E-state index >= 15 is 0 Å². The molecule has 5 nitrogen and oxygen atoms in total. The summed E-state index contributed by atoms with van der Waals surface area (Å²) >= 11 is 0. The Hall–Kier alpha value is -2.66. The minimum Gasteiger partial charge on any atom is -0.342 e. The Morgan fingerprint density at radius 2 is 1.67 bits per heavy atom. The third-order valence-electron chi connectivity index (χ3n) is 4.78. The lowest BCUT2D eigenvalue weighted by Gasteiger charge is -2.19. The maximum Gasteiger partial charge on any atom is 0.275 e. The molecule has 0 aliphatic heterocycles. The van der Waals surface area contributed by atoms with Crippen molar-refractivity contribution in [1.29, 1.82) is 0 Å². The van der Waals surface area contributed by atoms with E-state index in [0.29, 0.717) is 5.92 Å². The maximum absolute atomic E-state index is 12.2.